The Morgan fingerprint density at radius 1 is 1.00 bits per heavy atom. The van der Waals surface area contributed by atoms with Crippen molar-refractivity contribution < 1.29 is 14.2 Å². The maximum atomic E-state index is 5.50. The van der Waals surface area contributed by atoms with Crippen LogP contribution in [-0.2, 0) is 27.2 Å². The number of ether oxygens (including phenoxy) is 3. The van der Waals surface area contributed by atoms with Crippen molar-refractivity contribution in [2.45, 2.75) is 46.8 Å². The molecular weight excluding hydrogens is 270 g/mol. The molecule has 6 heteroatoms. The van der Waals surface area contributed by atoms with E-state index in [9.17, 15) is 0 Å². The van der Waals surface area contributed by atoms with Crippen molar-refractivity contribution in [3.8, 4) is 0 Å². The summed E-state index contributed by atoms with van der Waals surface area (Å²) < 4.78 is 18.1. The Bertz CT molecular complexity index is 367. The summed E-state index contributed by atoms with van der Waals surface area (Å²) in [5, 5.41) is 8.22. The zero-order chi connectivity index (χ0) is 15.5. The van der Waals surface area contributed by atoms with Crippen molar-refractivity contribution >= 4 is 0 Å². The molecule has 0 bridgehead atoms. The Kier molecular flexibility index (Phi) is 9.21. The van der Waals surface area contributed by atoms with E-state index in [0.717, 1.165) is 18.7 Å². The van der Waals surface area contributed by atoms with Crippen LogP contribution in [0.15, 0.2) is 6.20 Å². The molecule has 0 aliphatic rings. The Balaban J connectivity index is 1.95. The van der Waals surface area contributed by atoms with Gasteiger partial charge in [0.25, 0.3) is 0 Å². The van der Waals surface area contributed by atoms with Gasteiger partial charge in [0.15, 0.2) is 0 Å². The second kappa shape index (κ2) is 10.7. The first kappa shape index (κ1) is 18.1. The van der Waals surface area contributed by atoms with Gasteiger partial charge in [0.2, 0.25) is 0 Å². The average molecular weight is 299 g/mol. The van der Waals surface area contributed by atoms with Crippen LogP contribution in [0.4, 0.5) is 0 Å². The van der Waals surface area contributed by atoms with Crippen LogP contribution in [0.2, 0.25) is 0 Å². The fraction of sp³-hybridized carbons (Fsp3) is 0.867. The molecular formula is C15H29N3O3. The van der Waals surface area contributed by atoms with Crippen molar-refractivity contribution in [2.24, 2.45) is 5.92 Å². The minimum absolute atomic E-state index is 0.258. The smallest absolute Gasteiger partial charge is 0.0829 e. The van der Waals surface area contributed by atoms with Gasteiger partial charge in [0, 0.05) is 6.20 Å². The molecule has 0 aliphatic heterocycles. The zero-order valence-corrected chi connectivity index (χ0v) is 13.7. The Labute approximate surface area is 127 Å². The molecule has 0 saturated carbocycles. The van der Waals surface area contributed by atoms with Crippen LogP contribution in [0, 0.1) is 5.92 Å². The predicted molar refractivity (Wildman–Crippen MR) is 81.3 cm³/mol. The topological polar surface area (TPSA) is 58.4 Å². The summed E-state index contributed by atoms with van der Waals surface area (Å²) >= 11 is 0. The first-order chi connectivity index (χ1) is 10.1. The van der Waals surface area contributed by atoms with Crippen LogP contribution in [0.3, 0.4) is 0 Å². The van der Waals surface area contributed by atoms with Gasteiger partial charge in [-0.2, -0.15) is 0 Å². The second-order valence-electron chi connectivity index (χ2n) is 5.72. The fourth-order valence-corrected chi connectivity index (χ4v) is 1.78. The van der Waals surface area contributed by atoms with Crippen molar-refractivity contribution in [1.29, 1.82) is 0 Å². The summed E-state index contributed by atoms with van der Waals surface area (Å²) in [4.78, 5) is 0. The predicted octanol–water partition coefficient (Wildman–Crippen LogP) is 1.93. The zero-order valence-electron chi connectivity index (χ0n) is 13.7. The third-order valence-electron chi connectivity index (χ3n) is 2.72. The SMILES string of the molecule is CC(C)Cc1cn(CCOCCOCCOC(C)C)nn1. The molecule has 21 heavy (non-hydrogen) atoms. The largest absolute Gasteiger partial charge is 0.377 e. The van der Waals surface area contributed by atoms with Crippen molar-refractivity contribution in [3.63, 3.8) is 0 Å². The maximum absolute atomic E-state index is 5.50. The molecule has 1 aromatic heterocycles. The minimum atomic E-state index is 0.258. The molecule has 0 radical (unpaired) electrons. The highest BCUT2D eigenvalue weighted by molar-refractivity contribution is 4.92. The summed E-state index contributed by atoms with van der Waals surface area (Å²) in [6, 6.07) is 0. The number of aromatic nitrogens is 3. The Morgan fingerprint density at radius 2 is 1.67 bits per heavy atom. The number of hydrogen-bond donors (Lipinski definition) is 0. The molecule has 1 heterocycles. The number of hydrogen-bond acceptors (Lipinski definition) is 5. The van der Waals surface area contributed by atoms with E-state index >= 15 is 0 Å². The van der Waals surface area contributed by atoms with E-state index in [1.54, 1.807) is 0 Å². The molecule has 0 spiro atoms. The van der Waals surface area contributed by atoms with Gasteiger partial charge in [-0.25, -0.2) is 4.68 Å². The van der Waals surface area contributed by atoms with Crippen LogP contribution in [0.1, 0.15) is 33.4 Å². The molecule has 122 valence electrons. The van der Waals surface area contributed by atoms with Gasteiger partial charge < -0.3 is 14.2 Å². The van der Waals surface area contributed by atoms with E-state index in [1.165, 1.54) is 0 Å². The van der Waals surface area contributed by atoms with Gasteiger partial charge in [-0.05, 0) is 26.2 Å². The van der Waals surface area contributed by atoms with Crippen molar-refractivity contribution in [1.82, 2.24) is 15.0 Å². The number of rotatable bonds is 12. The lowest BCUT2D eigenvalue weighted by Crippen LogP contribution is -2.13. The van der Waals surface area contributed by atoms with E-state index in [1.807, 2.05) is 24.7 Å². The normalized spacial score (nSPS) is 11.7. The molecule has 0 N–H and O–H groups in total. The van der Waals surface area contributed by atoms with Crippen LogP contribution in [-0.4, -0.2) is 54.1 Å². The van der Waals surface area contributed by atoms with Gasteiger partial charge >= 0.3 is 0 Å². The molecule has 0 aromatic carbocycles. The summed E-state index contributed by atoms with van der Waals surface area (Å²) in [6.07, 6.45) is 3.21. The highest BCUT2D eigenvalue weighted by Gasteiger charge is 2.03. The monoisotopic (exact) mass is 299 g/mol. The average Bonchev–Trinajstić information content (AvgIpc) is 2.83. The summed E-state index contributed by atoms with van der Waals surface area (Å²) in [7, 11) is 0. The van der Waals surface area contributed by atoms with Gasteiger partial charge in [-0.3, -0.25) is 0 Å². The first-order valence-corrected chi connectivity index (χ1v) is 7.74. The third kappa shape index (κ3) is 9.55. The lowest BCUT2D eigenvalue weighted by molar-refractivity contribution is -0.00258. The summed E-state index contributed by atoms with van der Waals surface area (Å²) in [6.45, 7) is 12.2. The second-order valence-corrected chi connectivity index (χ2v) is 5.72. The lowest BCUT2D eigenvalue weighted by Gasteiger charge is -2.08. The van der Waals surface area contributed by atoms with E-state index in [-0.39, 0.29) is 6.10 Å². The highest BCUT2D eigenvalue weighted by atomic mass is 16.5. The van der Waals surface area contributed by atoms with E-state index < -0.39 is 0 Å². The van der Waals surface area contributed by atoms with Crippen molar-refractivity contribution in [2.75, 3.05) is 33.0 Å². The Morgan fingerprint density at radius 3 is 2.33 bits per heavy atom. The maximum Gasteiger partial charge on any atom is 0.0829 e. The molecule has 0 saturated heterocycles. The summed E-state index contributed by atoms with van der Waals surface area (Å²) in [5.41, 5.74) is 1.04. The molecule has 0 atom stereocenters. The molecule has 0 fully saturated rings. The van der Waals surface area contributed by atoms with Crippen LogP contribution < -0.4 is 0 Å². The molecule has 6 nitrogen and oxygen atoms in total. The van der Waals surface area contributed by atoms with E-state index in [0.29, 0.717) is 39.0 Å². The van der Waals surface area contributed by atoms with Gasteiger partial charge in [0.05, 0.1) is 51.4 Å². The molecule has 0 unspecified atom stereocenters. The standard InChI is InChI=1S/C15H29N3O3/c1-13(2)11-15-12-18(17-16-15)5-6-19-7-8-20-9-10-21-14(3)4/h12-14H,5-11H2,1-4H3. The van der Waals surface area contributed by atoms with Crippen LogP contribution in [0.5, 0.6) is 0 Å². The van der Waals surface area contributed by atoms with Gasteiger partial charge in [0.1, 0.15) is 0 Å². The number of nitrogens with zero attached hydrogens (tertiary/aromatic N) is 3. The van der Waals surface area contributed by atoms with Crippen LogP contribution in [0.25, 0.3) is 0 Å². The first-order valence-electron chi connectivity index (χ1n) is 7.74. The third-order valence-corrected chi connectivity index (χ3v) is 2.72. The highest BCUT2D eigenvalue weighted by Crippen LogP contribution is 2.03. The molecule has 0 amide bonds. The van der Waals surface area contributed by atoms with Crippen LogP contribution >= 0.6 is 0 Å². The van der Waals surface area contributed by atoms with Gasteiger partial charge in [-0.1, -0.05) is 19.1 Å². The van der Waals surface area contributed by atoms with E-state index in [4.69, 9.17) is 14.2 Å². The minimum Gasteiger partial charge on any atom is -0.377 e. The van der Waals surface area contributed by atoms with Gasteiger partial charge in [-0.15, -0.1) is 5.10 Å². The molecule has 0 aliphatic carbocycles. The fourth-order valence-electron chi connectivity index (χ4n) is 1.78. The molecule has 1 rings (SSSR count). The Hall–Kier alpha value is -0.980. The summed E-state index contributed by atoms with van der Waals surface area (Å²) in [5.74, 6) is 0.600. The van der Waals surface area contributed by atoms with Crippen molar-refractivity contribution in [3.05, 3.63) is 11.9 Å². The molecule has 1 aromatic rings. The lowest BCUT2D eigenvalue weighted by atomic mass is 10.1. The quantitative estimate of drug-likeness (QED) is 0.552. The van der Waals surface area contributed by atoms with E-state index in [2.05, 4.69) is 24.2 Å².